The Labute approximate surface area is 129 Å². The molecule has 1 aliphatic heterocycles. The minimum Gasteiger partial charge on any atom is -0.342 e. The molecule has 1 aromatic heterocycles. The molecule has 1 aromatic carbocycles. The van der Waals surface area contributed by atoms with E-state index in [2.05, 4.69) is 22.4 Å². The molecule has 1 saturated heterocycles. The third-order valence-corrected chi connectivity index (χ3v) is 3.95. The van der Waals surface area contributed by atoms with Crippen LogP contribution in [0.15, 0.2) is 35.2 Å². The minimum absolute atomic E-state index is 0.0928. The van der Waals surface area contributed by atoms with Crippen molar-refractivity contribution in [1.29, 1.82) is 0 Å². The van der Waals surface area contributed by atoms with Crippen molar-refractivity contribution in [3.8, 4) is 11.4 Å². The molecule has 6 heteroatoms. The van der Waals surface area contributed by atoms with Crippen LogP contribution in [0, 0.1) is 0 Å². The number of hydrogen-bond acceptors (Lipinski definition) is 5. The van der Waals surface area contributed by atoms with E-state index in [9.17, 15) is 4.79 Å². The molecule has 6 nitrogen and oxygen atoms in total. The Hall–Kier alpha value is -2.21. The average molecular weight is 300 g/mol. The highest BCUT2D eigenvalue weighted by molar-refractivity contribution is 5.94. The summed E-state index contributed by atoms with van der Waals surface area (Å²) < 4.78 is 4.74. The third-order valence-electron chi connectivity index (χ3n) is 3.95. The SMILES string of the molecule is CCCN(C(=O)c1ccc(-c2ncon2)cc1)C1CCNC1. The van der Waals surface area contributed by atoms with Crippen molar-refractivity contribution in [3.05, 3.63) is 36.2 Å². The van der Waals surface area contributed by atoms with Crippen LogP contribution in [0.25, 0.3) is 11.4 Å². The largest absolute Gasteiger partial charge is 0.342 e. The number of carbonyl (C=O) groups excluding carboxylic acids is 1. The van der Waals surface area contributed by atoms with Crippen molar-refractivity contribution in [2.75, 3.05) is 19.6 Å². The summed E-state index contributed by atoms with van der Waals surface area (Å²) in [6.45, 7) is 4.75. The lowest BCUT2D eigenvalue weighted by molar-refractivity contribution is 0.0692. The fraction of sp³-hybridized carbons (Fsp3) is 0.438. The summed E-state index contributed by atoms with van der Waals surface area (Å²) in [5, 5.41) is 7.12. The summed E-state index contributed by atoms with van der Waals surface area (Å²) in [7, 11) is 0. The highest BCUT2D eigenvalue weighted by Gasteiger charge is 2.26. The van der Waals surface area contributed by atoms with Gasteiger partial charge in [-0.25, -0.2) is 0 Å². The standard InChI is InChI=1S/C16H20N4O2/c1-2-9-20(14-7-8-17-10-14)16(21)13-5-3-12(4-6-13)15-18-11-22-19-15/h3-6,11,14,17H,2,7-10H2,1H3. The van der Waals surface area contributed by atoms with E-state index < -0.39 is 0 Å². The van der Waals surface area contributed by atoms with E-state index in [0.717, 1.165) is 38.0 Å². The third kappa shape index (κ3) is 3.01. The first-order valence-electron chi connectivity index (χ1n) is 7.68. The van der Waals surface area contributed by atoms with Crippen LogP contribution in [0.4, 0.5) is 0 Å². The lowest BCUT2D eigenvalue weighted by Gasteiger charge is -2.28. The van der Waals surface area contributed by atoms with E-state index >= 15 is 0 Å². The number of carbonyl (C=O) groups is 1. The van der Waals surface area contributed by atoms with Gasteiger partial charge in [-0.2, -0.15) is 4.98 Å². The first kappa shape index (κ1) is 14.7. The fourth-order valence-corrected chi connectivity index (χ4v) is 2.82. The highest BCUT2D eigenvalue weighted by atomic mass is 16.5. The van der Waals surface area contributed by atoms with Gasteiger partial charge in [-0.3, -0.25) is 4.79 Å². The Morgan fingerprint density at radius 2 is 2.23 bits per heavy atom. The summed E-state index contributed by atoms with van der Waals surface area (Å²) >= 11 is 0. The Kier molecular flexibility index (Phi) is 4.48. The molecular weight excluding hydrogens is 280 g/mol. The number of nitrogens with one attached hydrogen (secondary N) is 1. The van der Waals surface area contributed by atoms with Crippen LogP contribution in [0.5, 0.6) is 0 Å². The number of nitrogens with zero attached hydrogens (tertiary/aromatic N) is 3. The smallest absolute Gasteiger partial charge is 0.254 e. The number of amides is 1. The molecule has 1 N–H and O–H groups in total. The normalized spacial score (nSPS) is 17.6. The van der Waals surface area contributed by atoms with Crippen LogP contribution < -0.4 is 5.32 Å². The van der Waals surface area contributed by atoms with Gasteiger partial charge in [0, 0.05) is 30.3 Å². The zero-order valence-corrected chi connectivity index (χ0v) is 12.7. The molecule has 0 spiro atoms. The summed E-state index contributed by atoms with van der Waals surface area (Å²) in [4.78, 5) is 18.8. The maximum atomic E-state index is 12.8. The lowest BCUT2D eigenvalue weighted by Crippen LogP contribution is -2.42. The van der Waals surface area contributed by atoms with Gasteiger partial charge in [0.15, 0.2) is 0 Å². The lowest BCUT2D eigenvalue weighted by atomic mass is 10.1. The van der Waals surface area contributed by atoms with E-state index in [4.69, 9.17) is 4.52 Å². The van der Waals surface area contributed by atoms with Crippen LogP contribution in [0.1, 0.15) is 30.1 Å². The second-order valence-corrected chi connectivity index (χ2v) is 5.48. The molecule has 0 aliphatic carbocycles. The van der Waals surface area contributed by atoms with Crippen LogP contribution >= 0.6 is 0 Å². The molecule has 0 bridgehead atoms. The van der Waals surface area contributed by atoms with Gasteiger partial charge < -0.3 is 14.7 Å². The first-order valence-corrected chi connectivity index (χ1v) is 7.68. The predicted octanol–water partition coefficient (Wildman–Crippen LogP) is 1.95. The average Bonchev–Trinajstić information content (AvgIpc) is 3.25. The molecule has 1 aliphatic rings. The Morgan fingerprint density at radius 1 is 1.41 bits per heavy atom. The van der Waals surface area contributed by atoms with Crippen molar-refractivity contribution in [2.24, 2.45) is 0 Å². The molecule has 0 radical (unpaired) electrons. The summed E-state index contributed by atoms with van der Waals surface area (Å²) in [5.74, 6) is 0.625. The van der Waals surface area contributed by atoms with E-state index in [-0.39, 0.29) is 5.91 Å². The summed E-state index contributed by atoms with van der Waals surface area (Å²) in [5.41, 5.74) is 1.54. The van der Waals surface area contributed by atoms with Gasteiger partial charge in [0.05, 0.1) is 0 Å². The summed E-state index contributed by atoms with van der Waals surface area (Å²) in [6, 6.07) is 7.67. The van der Waals surface area contributed by atoms with E-state index in [1.165, 1.54) is 6.39 Å². The summed E-state index contributed by atoms with van der Waals surface area (Å²) in [6.07, 6.45) is 3.28. The van der Waals surface area contributed by atoms with Crippen molar-refractivity contribution in [1.82, 2.24) is 20.4 Å². The van der Waals surface area contributed by atoms with Crippen LogP contribution in [-0.4, -0.2) is 46.6 Å². The molecule has 3 rings (SSSR count). The highest BCUT2D eigenvalue weighted by Crippen LogP contribution is 2.18. The van der Waals surface area contributed by atoms with Gasteiger partial charge in [-0.05, 0) is 31.5 Å². The second-order valence-electron chi connectivity index (χ2n) is 5.48. The van der Waals surface area contributed by atoms with Crippen LogP contribution in [0.3, 0.4) is 0 Å². The maximum absolute atomic E-state index is 12.8. The number of benzene rings is 1. The number of hydrogen-bond donors (Lipinski definition) is 1. The van der Waals surface area contributed by atoms with E-state index in [0.29, 0.717) is 17.4 Å². The van der Waals surface area contributed by atoms with Crippen LogP contribution in [0.2, 0.25) is 0 Å². The number of rotatable bonds is 5. The second kappa shape index (κ2) is 6.70. The molecule has 116 valence electrons. The predicted molar refractivity (Wildman–Crippen MR) is 82.3 cm³/mol. The van der Waals surface area contributed by atoms with Gasteiger partial charge >= 0.3 is 0 Å². The van der Waals surface area contributed by atoms with Gasteiger partial charge in [0.2, 0.25) is 12.2 Å². The van der Waals surface area contributed by atoms with Gasteiger partial charge in [0.25, 0.3) is 5.91 Å². The Morgan fingerprint density at radius 3 is 2.82 bits per heavy atom. The molecule has 1 unspecified atom stereocenters. The topological polar surface area (TPSA) is 71.3 Å². The zero-order valence-electron chi connectivity index (χ0n) is 12.7. The zero-order chi connectivity index (χ0) is 15.4. The molecule has 22 heavy (non-hydrogen) atoms. The molecule has 0 saturated carbocycles. The molecule has 2 aromatic rings. The quantitative estimate of drug-likeness (QED) is 0.914. The van der Waals surface area contributed by atoms with Crippen molar-refractivity contribution < 1.29 is 9.32 Å². The Bertz CT molecular complexity index is 604. The Balaban J connectivity index is 1.77. The first-order chi connectivity index (χ1) is 10.8. The molecule has 1 amide bonds. The van der Waals surface area contributed by atoms with Gasteiger partial charge in [-0.1, -0.05) is 24.2 Å². The van der Waals surface area contributed by atoms with Crippen molar-refractivity contribution in [2.45, 2.75) is 25.8 Å². The van der Waals surface area contributed by atoms with Gasteiger partial charge in [0.1, 0.15) is 0 Å². The van der Waals surface area contributed by atoms with Gasteiger partial charge in [-0.15, -0.1) is 0 Å². The van der Waals surface area contributed by atoms with Crippen molar-refractivity contribution >= 4 is 5.91 Å². The minimum atomic E-state index is 0.0928. The van der Waals surface area contributed by atoms with Crippen LogP contribution in [-0.2, 0) is 0 Å². The molecule has 1 atom stereocenters. The molecule has 2 heterocycles. The molecular formula is C16H20N4O2. The number of aromatic nitrogens is 2. The molecule has 1 fully saturated rings. The van der Waals surface area contributed by atoms with E-state index in [1.807, 2.05) is 29.2 Å². The monoisotopic (exact) mass is 300 g/mol. The van der Waals surface area contributed by atoms with E-state index in [1.54, 1.807) is 0 Å². The van der Waals surface area contributed by atoms with Crippen molar-refractivity contribution in [3.63, 3.8) is 0 Å². The maximum Gasteiger partial charge on any atom is 0.254 e. The fourth-order valence-electron chi connectivity index (χ4n) is 2.82.